The van der Waals surface area contributed by atoms with E-state index in [0.29, 0.717) is 6.54 Å². The highest BCUT2D eigenvalue weighted by Gasteiger charge is 2.21. The third-order valence-electron chi connectivity index (χ3n) is 3.53. The maximum Gasteiger partial charge on any atom is 0.317 e. The van der Waals surface area contributed by atoms with E-state index in [1.54, 1.807) is 28.9 Å². The highest BCUT2D eigenvalue weighted by molar-refractivity contribution is 7.10. The Morgan fingerprint density at radius 1 is 1.50 bits per heavy atom. The Labute approximate surface area is 126 Å². The molecule has 0 saturated heterocycles. The van der Waals surface area contributed by atoms with Crippen LogP contribution in [0.1, 0.15) is 28.3 Å². The van der Waals surface area contributed by atoms with Crippen LogP contribution in [0.25, 0.3) is 0 Å². The molecule has 0 aromatic carbocycles. The van der Waals surface area contributed by atoms with Gasteiger partial charge in [-0.1, -0.05) is 6.92 Å². The van der Waals surface area contributed by atoms with Crippen molar-refractivity contribution in [2.24, 2.45) is 0 Å². The molecular formula is C14H17N3OS2. The summed E-state index contributed by atoms with van der Waals surface area (Å²) < 4.78 is 0. The van der Waals surface area contributed by atoms with Gasteiger partial charge in [0.2, 0.25) is 0 Å². The summed E-state index contributed by atoms with van der Waals surface area (Å²) in [5.41, 5.74) is 1.30. The quantitative estimate of drug-likeness (QED) is 0.947. The molecule has 3 rings (SSSR count). The lowest BCUT2D eigenvalue weighted by molar-refractivity contribution is 0.192. The predicted molar refractivity (Wildman–Crippen MR) is 82.4 cm³/mol. The number of nitrogens with zero attached hydrogens (tertiary/aromatic N) is 2. The Balaban J connectivity index is 1.53. The van der Waals surface area contributed by atoms with E-state index in [0.717, 1.165) is 24.5 Å². The lowest BCUT2D eigenvalue weighted by atomic mass is 10.1. The fraction of sp³-hybridized carbons (Fsp3) is 0.429. The van der Waals surface area contributed by atoms with Crippen LogP contribution in [0.15, 0.2) is 23.0 Å². The molecule has 0 aliphatic carbocycles. The van der Waals surface area contributed by atoms with Crippen LogP contribution in [-0.4, -0.2) is 29.0 Å². The van der Waals surface area contributed by atoms with E-state index in [4.69, 9.17) is 0 Å². The molecule has 0 unspecified atom stereocenters. The van der Waals surface area contributed by atoms with E-state index < -0.39 is 0 Å². The Hall–Kier alpha value is -1.40. The molecule has 2 aromatic rings. The number of amides is 2. The second-order valence-electron chi connectivity index (χ2n) is 5.00. The minimum absolute atomic E-state index is 0.0326. The van der Waals surface area contributed by atoms with E-state index in [9.17, 15) is 4.79 Å². The largest absolute Gasteiger partial charge is 0.337 e. The number of aromatic nitrogens is 1. The van der Waals surface area contributed by atoms with Crippen molar-refractivity contribution in [3.05, 3.63) is 38.5 Å². The lowest BCUT2D eigenvalue weighted by Gasteiger charge is -2.27. The molecule has 0 radical (unpaired) electrons. The lowest BCUT2D eigenvalue weighted by Crippen LogP contribution is -2.43. The van der Waals surface area contributed by atoms with Gasteiger partial charge in [0.1, 0.15) is 0 Å². The first-order valence-electron chi connectivity index (χ1n) is 6.71. The summed E-state index contributed by atoms with van der Waals surface area (Å²) in [5.74, 6) is 0.264. The highest BCUT2D eigenvalue weighted by atomic mass is 32.1. The van der Waals surface area contributed by atoms with Crippen LogP contribution >= 0.6 is 22.7 Å². The summed E-state index contributed by atoms with van der Waals surface area (Å²) in [6.07, 6.45) is 2.78. The molecule has 6 heteroatoms. The van der Waals surface area contributed by atoms with Gasteiger partial charge in [0.05, 0.1) is 5.01 Å². The van der Waals surface area contributed by atoms with Crippen LogP contribution in [-0.2, 0) is 13.0 Å². The van der Waals surface area contributed by atoms with Gasteiger partial charge >= 0.3 is 6.03 Å². The smallest absolute Gasteiger partial charge is 0.317 e. The standard InChI is InChI=1S/C14H17N3OS2/c1-10(13-15-4-7-20-13)8-16-14(18)17-5-2-12-11(9-17)3-6-19-12/h3-4,6-7,10H,2,5,8-9H2,1H3,(H,16,18)/t10-/m1/s1. The van der Waals surface area contributed by atoms with Gasteiger partial charge in [0, 0.05) is 42.0 Å². The van der Waals surface area contributed by atoms with Crippen molar-refractivity contribution in [3.8, 4) is 0 Å². The zero-order valence-electron chi connectivity index (χ0n) is 11.3. The van der Waals surface area contributed by atoms with E-state index in [1.807, 2.05) is 10.3 Å². The first-order valence-corrected chi connectivity index (χ1v) is 8.47. The number of hydrogen-bond acceptors (Lipinski definition) is 4. The van der Waals surface area contributed by atoms with Crippen molar-refractivity contribution in [3.63, 3.8) is 0 Å². The average molecular weight is 307 g/mol. The van der Waals surface area contributed by atoms with Crippen LogP contribution < -0.4 is 5.32 Å². The SMILES string of the molecule is C[C@H](CNC(=O)N1CCc2sccc2C1)c1nccs1. The summed E-state index contributed by atoms with van der Waals surface area (Å²) in [6.45, 7) is 4.27. The Morgan fingerprint density at radius 3 is 3.20 bits per heavy atom. The predicted octanol–water partition coefficient (Wildman–Crippen LogP) is 3.08. The Bertz CT molecular complexity index is 579. The highest BCUT2D eigenvalue weighted by Crippen LogP contribution is 2.24. The molecule has 1 atom stereocenters. The molecule has 3 heterocycles. The molecule has 2 aromatic heterocycles. The number of rotatable bonds is 3. The number of fused-ring (bicyclic) bond motifs is 1. The monoisotopic (exact) mass is 307 g/mol. The minimum atomic E-state index is 0.0326. The molecule has 0 spiro atoms. The first-order chi connectivity index (χ1) is 9.74. The summed E-state index contributed by atoms with van der Waals surface area (Å²) >= 11 is 3.43. The van der Waals surface area contributed by atoms with Crippen LogP contribution in [0.5, 0.6) is 0 Å². The zero-order valence-corrected chi connectivity index (χ0v) is 13.0. The minimum Gasteiger partial charge on any atom is -0.337 e. The first kappa shape index (κ1) is 13.6. The van der Waals surface area contributed by atoms with E-state index in [-0.39, 0.29) is 11.9 Å². The maximum atomic E-state index is 12.2. The Kier molecular flexibility index (Phi) is 4.03. The van der Waals surface area contributed by atoms with Crippen LogP contribution in [0.2, 0.25) is 0 Å². The summed E-state index contributed by atoms with van der Waals surface area (Å²) in [4.78, 5) is 19.8. The van der Waals surface area contributed by atoms with Crippen molar-refractivity contribution < 1.29 is 4.79 Å². The van der Waals surface area contributed by atoms with Gasteiger partial charge in [-0.3, -0.25) is 0 Å². The second-order valence-corrected chi connectivity index (χ2v) is 6.92. The molecule has 106 valence electrons. The van der Waals surface area contributed by atoms with Crippen molar-refractivity contribution in [2.45, 2.75) is 25.8 Å². The van der Waals surface area contributed by atoms with Crippen molar-refractivity contribution in [1.82, 2.24) is 15.2 Å². The molecule has 0 bridgehead atoms. The van der Waals surface area contributed by atoms with Gasteiger partial charge in [0.15, 0.2) is 0 Å². The second kappa shape index (κ2) is 5.93. The molecule has 1 aliphatic rings. The average Bonchev–Trinajstić information content (AvgIpc) is 3.13. The van der Waals surface area contributed by atoms with Gasteiger partial charge in [0.25, 0.3) is 0 Å². The van der Waals surface area contributed by atoms with Gasteiger partial charge in [-0.05, 0) is 23.4 Å². The fourth-order valence-electron chi connectivity index (χ4n) is 2.34. The van der Waals surface area contributed by atoms with Gasteiger partial charge < -0.3 is 10.2 Å². The molecule has 0 saturated carbocycles. The van der Waals surface area contributed by atoms with Gasteiger partial charge in [-0.25, -0.2) is 9.78 Å². The number of hydrogen-bond donors (Lipinski definition) is 1. The molecule has 20 heavy (non-hydrogen) atoms. The van der Waals surface area contributed by atoms with Crippen LogP contribution in [0, 0.1) is 0 Å². The van der Waals surface area contributed by atoms with E-state index in [1.165, 1.54) is 10.4 Å². The normalized spacial score (nSPS) is 15.8. The summed E-state index contributed by atoms with van der Waals surface area (Å²) in [5, 5.41) is 8.17. The number of carbonyl (C=O) groups is 1. The number of thiazole rings is 1. The number of thiophene rings is 1. The fourth-order valence-corrected chi connectivity index (χ4v) is 3.93. The third-order valence-corrected chi connectivity index (χ3v) is 5.56. The van der Waals surface area contributed by atoms with Crippen molar-refractivity contribution in [2.75, 3.05) is 13.1 Å². The molecular weight excluding hydrogens is 290 g/mol. The van der Waals surface area contributed by atoms with Gasteiger partial charge in [-0.15, -0.1) is 22.7 Å². The maximum absolute atomic E-state index is 12.2. The van der Waals surface area contributed by atoms with Crippen LogP contribution in [0.4, 0.5) is 4.79 Å². The van der Waals surface area contributed by atoms with E-state index >= 15 is 0 Å². The van der Waals surface area contributed by atoms with E-state index in [2.05, 4.69) is 28.7 Å². The number of urea groups is 1. The third kappa shape index (κ3) is 2.86. The summed E-state index contributed by atoms with van der Waals surface area (Å²) in [7, 11) is 0. The number of nitrogens with one attached hydrogen (secondary N) is 1. The Morgan fingerprint density at radius 2 is 2.40 bits per heavy atom. The van der Waals surface area contributed by atoms with Crippen LogP contribution in [0.3, 0.4) is 0 Å². The summed E-state index contributed by atoms with van der Waals surface area (Å²) in [6, 6.07) is 2.16. The molecule has 0 fully saturated rings. The van der Waals surface area contributed by atoms with Crippen molar-refractivity contribution >= 4 is 28.7 Å². The topological polar surface area (TPSA) is 45.2 Å². The zero-order chi connectivity index (χ0) is 13.9. The van der Waals surface area contributed by atoms with Gasteiger partial charge in [-0.2, -0.15) is 0 Å². The molecule has 4 nitrogen and oxygen atoms in total. The molecule has 1 aliphatic heterocycles. The number of carbonyl (C=O) groups excluding carboxylic acids is 1. The van der Waals surface area contributed by atoms with Crippen molar-refractivity contribution in [1.29, 1.82) is 0 Å². The molecule has 2 amide bonds. The molecule has 1 N–H and O–H groups in total.